The van der Waals surface area contributed by atoms with Gasteiger partial charge in [0.1, 0.15) is 12.4 Å². The maximum Gasteiger partial charge on any atom is 0.322 e. The molecule has 8 heteroatoms. The Morgan fingerprint density at radius 3 is 2.70 bits per heavy atom. The van der Waals surface area contributed by atoms with Gasteiger partial charge in [-0.2, -0.15) is 15.0 Å². The fourth-order valence-corrected chi connectivity index (χ4v) is 2.71. The van der Waals surface area contributed by atoms with Crippen molar-refractivity contribution in [2.75, 3.05) is 31.2 Å². The molecule has 0 unspecified atom stereocenters. The van der Waals surface area contributed by atoms with Crippen molar-refractivity contribution in [2.24, 2.45) is 0 Å². The molecule has 1 aliphatic rings. The topological polar surface area (TPSA) is 93.5 Å². The molecule has 8 nitrogen and oxygen atoms in total. The van der Waals surface area contributed by atoms with Crippen LogP contribution in [0.3, 0.4) is 0 Å². The van der Waals surface area contributed by atoms with E-state index >= 15 is 0 Å². The molecule has 0 amide bonds. The summed E-state index contributed by atoms with van der Waals surface area (Å²) in [6.45, 7) is 2.90. The maximum absolute atomic E-state index is 9.78. The number of benzene rings is 1. The highest BCUT2D eigenvalue weighted by Gasteiger charge is 2.18. The zero-order valence-corrected chi connectivity index (χ0v) is 14.7. The van der Waals surface area contributed by atoms with Gasteiger partial charge in [-0.1, -0.05) is 18.2 Å². The predicted molar refractivity (Wildman–Crippen MR) is 98.5 cm³/mol. The minimum absolute atomic E-state index is 0.150. The molecule has 1 aliphatic heterocycles. The van der Waals surface area contributed by atoms with Gasteiger partial charge in [0.25, 0.3) is 0 Å². The van der Waals surface area contributed by atoms with E-state index in [0.717, 1.165) is 5.69 Å². The molecule has 0 aliphatic carbocycles. The molecule has 0 radical (unpaired) electrons. The first-order valence-corrected chi connectivity index (χ1v) is 8.69. The number of anilines is 1. The Hall–Kier alpha value is -3.26. The van der Waals surface area contributed by atoms with Gasteiger partial charge in [-0.15, -0.1) is 0 Å². The summed E-state index contributed by atoms with van der Waals surface area (Å²) in [7, 11) is 0. The Labute approximate surface area is 156 Å². The van der Waals surface area contributed by atoms with Crippen LogP contribution in [0.2, 0.25) is 0 Å². The van der Waals surface area contributed by atoms with E-state index in [0.29, 0.717) is 43.6 Å². The van der Waals surface area contributed by atoms with E-state index in [2.05, 4.69) is 19.9 Å². The van der Waals surface area contributed by atoms with Gasteiger partial charge in [-0.25, -0.2) is 0 Å². The Morgan fingerprint density at radius 1 is 1.04 bits per heavy atom. The summed E-state index contributed by atoms with van der Waals surface area (Å²) in [6.07, 6.45) is 1.71. The summed E-state index contributed by atoms with van der Waals surface area (Å²) in [5.41, 5.74) is 1.47. The molecule has 138 valence electrons. The van der Waals surface area contributed by atoms with Crippen molar-refractivity contribution < 1.29 is 14.6 Å². The lowest BCUT2D eigenvalue weighted by molar-refractivity contribution is 0.122. The quantitative estimate of drug-likeness (QED) is 0.734. The van der Waals surface area contributed by atoms with E-state index in [4.69, 9.17) is 9.47 Å². The highest BCUT2D eigenvalue weighted by molar-refractivity contribution is 5.59. The summed E-state index contributed by atoms with van der Waals surface area (Å²) in [4.78, 5) is 19.7. The second-order valence-corrected chi connectivity index (χ2v) is 6.00. The molecule has 3 aromatic rings. The SMILES string of the molecule is Oc1cccc(-c2nc(OCc3ccccn3)nc(N3CCOCC3)n2)c1. The Morgan fingerprint density at radius 2 is 1.93 bits per heavy atom. The summed E-state index contributed by atoms with van der Waals surface area (Å²) in [5, 5.41) is 9.78. The van der Waals surface area contributed by atoms with Gasteiger partial charge in [-0.3, -0.25) is 4.98 Å². The van der Waals surface area contributed by atoms with E-state index in [1.807, 2.05) is 29.2 Å². The lowest BCUT2D eigenvalue weighted by atomic mass is 10.2. The van der Waals surface area contributed by atoms with Crippen LogP contribution < -0.4 is 9.64 Å². The van der Waals surface area contributed by atoms with Crippen LogP contribution in [0.1, 0.15) is 5.69 Å². The zero-order chi connectivity index (χ0) is 18.5. The van der Waals surface area contributed by atoms with E-state index in [1.54, 1.807) is 24.4 Å². The van der Waals surface area contributed by atoms with Gasteiger partial charge in [-0.05, 0) is 24.3 Å². The van der Waals surface area contributed by atoms with Crippen LogP contribution in [0.4, 0.5) is 5.95 Å². The number of pyridine rings is 1. The first kappa shape index (κ1) is 17.2. The molecular weight excluding hydrogens is 346 g/mol. The highest BCUT2D eigenvalue weighted by Crippen LogP contribution is 2.24. The van der Waals surface area contributed by atoms with Crippen LogP contribution >= 0.6 is 0 Å². The van der Waals surface area contributed by atoms with Crippen LogP contribution in [0, 0.1) is 0 Å². The molecule has 0 spiro atoms. The van der Waals surface area contributed by atoms with E-state index in [9.17, 15) is 5.11 Å². The first-order chi connectivity index (χ1) is 13.3. The third-order valence-corrected chi connectivity index (χ3v) is 4.08. The molecule has 1 aromatic carbocycles. The van der Waals surface area contributed by atoms with E-state index in [1.165, 1.54) is 0 Å². The van der Waals surface area contributed by atoms with Gasteiger partial charge < -0.3 is 19.5 Å². The average molecular weight is 365 g/mol. The van der Waals surface area contributed by atoms with Crippen molar-refractivity contribution in [3.05, 3.63) is 54.4 Å². The standard InChI is InChI=1S/C19H19N5O3/c25-16-6-3-4-14(12-16)17-21-18(24-8-10-26-11-9-24)23-19(22-17)27-13-15-5-1-2-7-20-15/h1-7,12,25H,8-11,13H2. The number of phenolic OH excluding ortho intramolecular Hbond substituents is 1. The second kappa shape index (κ2) is 7.96. The smallest absolute Gasteiger partial charge is 0.322 e. The van der Waals surface area contributed by atoms with Gasteiger partial charge in [0, 0.05) is 24.8 Å². The number of hydrogen-bond donors (Lipinski definition) is 1. The van der Waals surface area contributed by atoms with Gasteiger partial charge >= 0.3 is 6.01 Å². The second-order valence-electron chi connectivity index (χ2n) is 6.00. The average Bonchev–Trinajstić information content (AvgIpc) is 2.73. The van der Waals surface area contributed by atoms with Crippen LogP contribution in [-0.2, 0) is 11.3 Å². The normalized spacial score (nSPS) is 14.1. The molecule has 2 aromatic heterocycles. The maximum atomic E-state index is 9.78. The summed E-state index contributed by atoms with van der Waals surface area (Å²) in [6, 6.07) is 12.6. The fraction of sp³-hybridized carbons (Fsp3) is 0.263. The minimum atomic E-state index is 0.150. The van der Waals surface area contributed by atoms with Crippen molar-refractivity contribution in [3.63, 3.8) is 0 Å². The van der Waals surface area contributed by atoms with Crippen molar-refractivity contribution >= 4 is 5.95 Å². The highest BCUT2D eigenvalue weighted by atomic mass is 16.5. The Balaban J connectivity index is 1.65. The number of ether oxygens (including phenoxy) is 2. The third kappa shape index (κ3) is 4.29. The Kier molecular flexibility index (Phi) is 5.06. The number of aromatic hydroxyl groups is 1. The molecular formula is C19H19N5O3. The molecule has 1 saturated heterocycles. The van der Waals surface area contributed by atoms with E-state index in [-0.39, 0.29) is 18.4 Å². The Bertz CT molecular complexity index is 901. The van der Waals surface area contributed by atoms with Crippen LogP contribution in [0.5, 0.6) is 11.8 Å². The molecule has 0 atom stereocenters. The summed E-state index contributed by atoms with van der Waals surface area (Å²) < 4.78 is 11.2. The number of rotatable bonds is 5. The first-order valence-electron chi connectivity index (χ1n) is 8.69. The predicted octanol–water partition coefficient (Wildman–Crippen LogP) is 2.05. The zero-order valence-electron chi connectivity index (χ0n) is 14.7. The lowest BCUT2D eigenvalue weighted by Gasteiger charge is -2.27. The van der Waals surface area contributed by atoms with Gasteiger partial charge in [0.15, 0.2) is 5.82 Å². The van der Waals surface area contributed by atoms with Crippen LogP contribution in [0.25, 0.3) is 11.4 Å². The fourth-order valence-electron chi connectivity index (χ4n) is 2.71. The number of aromatic nitrogens is 4. The van der Waals surface area contributed by atoms with Gasteiger partial charge in [0.05, 0.1) is 18.9 Å². The number of phenols is 1. The third-order valence-electron chi connectivity index (χ3n) is 4.08. The number of hydrogen-bond acceptors (Lipinski definition) is 8. The van der Waals surface area contributed by atoms with Gasteiger partial charge in [0.2, 0.25) is 5.95 Å². The molecule has 3 heterocycles. The summed E-state index contributed by atoms with van der Waals surface area (Å²) in [5.74, 6) is 1.12. The van der Waals surface area contributed by atoms with Crippen molar-refractivity contribution in [1.82, 2.24) is 19.9 Å². The van der Waals surface area contributed by atoms with Crippen molar-refractivity contribution in [3.8, 4) is 23.1 Å². The molecule has 0 saturated carbocycles. The largest absolute Gasteiger partial charge is 0.508 e. The molecule has 27 heavy (non-hydrogen) atoms. The van der Waals surface area contributed by atoms with Crippen molar-refractivity contribution in [2.45, 2.75) is 6.61 Å². The summed E-state index contributed by atoms with van der Waals surface area (Å²) >= 11 is 0. The van der Waals surface area contributed by atoms with Crippen LogP contribution in [0.15, 0.2) is 48.7 Å². The molecule has 1 N–H and O–H groups in total. The van der Waals surface area contributed by atoms with Crippen molar-refractivity contribution in [1.29, 1.82) is 0 Å². The number of nitrogens with zero attached hydrogens (tertiary/aromatic N) is 5. The number of morpholine rings is 1. The molecule has 4 rings (SSSR count). The van der Waals surface area contributed by atoms with Crippen LogP contribution in [-0.4, -0.2) is 51.3 Å². The molecule has 0 bridgehead atoms. The monoisotopic (exact) mass is 365 g/mol. The molecule has 1 fully saturated rings. The minimum Gasteiger partial charge on any atom is -0.508 e. The van der Waals surface area contributed by atoms with E-state index < -0.39 is 0 Å². The lowest BCUT2D eigenvalue weighted by Crippen LogP contribution is -2.37.